The predicted octanol–water partition coefficient (Wildman–Crippen LogP) is 0.825. The molecule has 1 N–H and O–H groups in total. The minimum Gasteiger partial charge on any atom is -0.381 e. The van der Waals surface area contributed by atoms with Crippen molar-refractivity contribution in [1.82, 2.24) is 10.2 Å². The van der Waals surface area contributed by atoms with Gasteiger partial charge in [-0.1, -0.05) is 12.1 Å². The molecule has 1 aromatic rings. The Labute approximate surface area is 128 Å². The van der Waals surface area contributed by atoms with Crippen LogP contribution in [0.1, 0.15) is 33.6 Å². The summed E-state index contributed by atoms with van der Waals surface area (Å²) in [6.07, 6.45) is 1.85. The van der Waals surface area contributed by atoms with Crippen LogP contribution in [0.15, 0.2) is 24.3 Å². The minimum atomic E-state index is -0.401. The summed E-state index contributed by atoms with van der Waals surface area (Å²) in [4.78, 5) is 37.3. The fourth-order valence-corrected chi connectivity index (χ4v) is 2.79. The molecular formula is C16H18N2O4. The normalized spacial score (nSPS) is 18.5. The van der Waals surface area contributed by atoms with Gasteiger partial charge in [0.15, 0.2) is 0 Å². The predicted molar refractivity (Wildman–Crippen MR) is 78.4 cm³/mol. The van der Waals surface area contributed by atoms with Crippen LogP contribution >= 0.6 is 0 Å². The van der Waals surface area contributed by atoms with Crippen molar-refractivity contribution in [1.29, 1.82) is 0 Å². The van der Waals surface area contributed by atoms with E-state index >= 15 is 0 Å². The van der Waals surface area contributed by atoms with E-state index in [4.69, 9.17) is 4.74 Å². The average molecular weight is 302 g/mol. The van der Waals surface area contributed by atoms with E-state index in [1.54, 1.807) is 24.3 Å². The first-order valence-electron chi connectivity index (χ1n) is 7.46. The van der Waals surface area contributed by atoms with Crippen LogP contribution in [-0.4, -0.2) is 48.9 Å². The molecule has 0 radical (unpaired) electrons. The third-order valence-electron chi connectivity index (χ3n) is 4.11. The van der Waals surface area contributed by atoms with Gasteiger partial charge >= 0.3 is 0 Å². The van der Waals surface area contributed by atoms with E-state index < -0.39 is 11.8 Å². The highest BCUT2D eigenvalue weighted by Gasteiger charge is 2.36. The monoisotopic (exact) mass is 302 g/mol. The number of nitrogens with zero attached hydrogens (tertiary/aromatic N) is 1. The smallest absolute Gasteiger partial charge is 0.262 e. The summed E-state index contributed by atoms with van der Waals surface area (Å²) >= 11 is 0. The second-order valence-electron chi connectivity index (χ2n) is 5.60. The number of carbonyl (C=O) groups is 3. The van der Waals surface area contributed by atoms with Gasteiger partial charge < -0.3 is 10.1 Å². The highest BCUT2D eigenvalue weighted by molar-refractivity contribution is 6.22. The van der Waals surface area contributed by atoms with Crippen molar-refractivity contribution in [2.24, 2.45) is 5.92 Å². The lowest BCUT2D eigenvalue weighted by Crippen LogP contribution is -2.42. The molecule has 3 rings (SSSR count). The van der Waals surface area contributed by atoms with Gasteiger partial charge in [0.05, 0.1) is 11.1 Å². The Kier molecular flexibility index (Phi) is 4.20. The summed E-state index contributed by atoms with van der Waals surface area (Å²) in [6.45, 7) is 1.78. The molecule has 116 valence electrons. The number of carbonyl (C=O) groups excluding carboxylic acids is 3. The highest BCUT2D eigenvalue weighted by Crippen LogP contribution is 2.22. The Morgan fingerprint density at radius 1 is 1.14 bits per heavy atom. The van der Waals surface area contributed by atoms with Crippen molar-refractivity contribution < 1.29 is 19.1 Å². The van der Waals surface area contributed by atoms with E-state index in [0.29, 0.717) is 23.6 Å². The number of fused-ring (bicyclic) bond motifs is 1. The SMILES string of the molecule is O=C(CN1C(=O)c2ccccc2C1=O)NCC1CCOCC1. The van der Waals surface area contributed by atoms with Crippen molar-refractivity contribution in [3.05, 3.63) is 35.4 Å². The van der Waals surface area contributed by atoms with Crippen LogP contribution in [0.5, 0.6) is 0 Å². The van der Waals surface area contributed by atoms with E-state index in [-0.39, 0.29) is 12.5 Å². The molecule has 6 nitrogen and oxygen atoms in total. The lowest BCUT2D eigenvalue weighted by molar-refractivity contribution is -0.121. The zero-order chi connectivity index (χ0) is 15.5. The lowest BCUT2D eigenvalue weighted by atomic mass is 10.0. The highest BCUT2D eigenvalue weighted by atomic mass is 16.5. The molecule has 3 amide bonds. The molecule has 2 aliphatic rings. The molecule has 6 heteroatoms. The van der Waals surface area contributed by atoms with Gasteiger partial charge in [0.25, 0.3) is 11.8 Å². The summed E-state index contributed by atoms with van der Waals surface area (Å²) in [5.74, 6) is -0.704. The number of hydrogen-bond donors (Lipinski definition) is 1. The Morgan fingerprint density at radius 2 is 1.73 bits per heavy atom. The lowest BCUT2D eigenvalue weighted by Gasteiger charge is -2.22. The first-order chi connectivity index (χ1) is 10.7. The molecule has 22 heavy (non-hydrogen) atoms. The van der Waals surface area contributed by atoms with Crippen molar-refractivity contribution in [2.45, 2.75) is 12.8 Å². The number of nitrogens with one attached hydrogen (secondary N) is 1. The number of imide groups is 1. The van der Waals surface area contributed by atoms with Gasteiger partial charge in [-0.05, 0) is 30.9 Å². The molecule has 0 saturated carbocycles. The largest absolute Gasteiger partial charge is 0.381 e. The minimum absolute atomic E-state index is 0.227. The second kappa shape index (κ2) is 6.27. The molecule has 0 aromatic heterocycles. The van der Waals surface area contributed by atoms with Crippen LogP contribution < -0.4 is 5.32 Å². The quantitative estimate of drug-likeness (QED) is 0.836. The van der Waals surface area contributed by atoms with E-state index in [1.165, 1.54) is 0 Å². The molecule has 0 aliphatic carbocycles. The maximum Gasteiger partial charge on any atom is 0.262 e. The molecule has 1 aromatic carbocycles. The molecule has 2 heterocycles. The summed E-state index contributed by atoms with van der Waals surface area (Å²) in [6, 6.07) is 6.63. The topological polar surface area (TPSA) is 75.7 Å². The Bertz CT molecular complexity index is 573. The first kappa shape index (κ1) is 14.7. The van der Waals surface area contributed by atoms with Gasteiger partial charge in [-0.15, -0.1) is 0 Å². The third kappa shape index (κ3) is 2.87. The van der Waals surface area contributed by atoms with Crippen LogP contribution in [0.25, 0.3) is 0 Å². The Morgan fingerprint density at radius 3 is 2.32 bits per heavy atom. The number of ether oxygens (including phenoxy) is 1. The maximum atomic E-state index is 12.2. The van der Waals surface area contributed by atoms with E-state index in [2.05, 4.69) is 5.32 Å². The Hall–Kier alpha value is -2.21. The number of hydrogen-bond acceptors (Lipinski definition) is 4. The van der Waals surface area contributed by atoms with Crippen molar-refractivity contribution in [2.75, 3.05) is 26.3 Å². The fourth-order valence-electron chi connectivity index (χ4n) is 2.79. The van der Waals surface area contributed by atoms with Gasteiger partial charge in [0.2, 0.25) is 5.91 Å². The molecule has 2 aliphatic heterocycles. The van der Waals surface area contributed by atoms with Crippen LogP contribution in [0.3, 0.4) is 0 Å². The van der Waals surface area contributed by atoms with Crippen molar-refractivity contribution >= 4 is 17.7 Å². The molecular weight excluding hydrogens is 284 g/mol. The zero-order valence-electron chi connectivity index (χ0n) is 12.2. The second-order valence-corrected chi connectivity index (χ2v) is 5.60. The van der Waals surface area contributed by atoms with Crippen molar-refractivity contribution in [3.8, 4) is 0 Å². The van der Waals surface area contributed by atoms with Gasteiger partial charge in [-0.3, -0.25) is 19.3 Å². The summed E-state index contributed by atoms with van der Waals surface area (Å²) < 4.78 is 5.27. The number of benzene rings is 1. The fraction of sp³-hybridized carbons (Fsp3) is 0.438. The maximum absolute atomic E-state index is 12.2. The molecule has 0 atom stereocenters. The molecule has 0 unspecified atom stereocenters. The van der Waals surface area contributed by atoms with E-state index in [1.807, 2.05) is 0 Å². The summed E-state index contributed by atoms with van der Waals surface area (Å²) in [5.41, 5.74) is 0.731. The summed E-state index contributed by atoms with van der Waals surface area (Å²) in [7, 11) is 0. The third-order valence-corrected chi connectivity index (χ3v) is 4.11. The molecule has 1 saturated heterocycles. The van der Waals surface area contributed by atoms with Gasteiger partial charge in [-0.2, -0.15) is 0 Å². The first-order valence-corrected chi connectivity index (χ1v) is 7.46. The van der Waals surface area contributed by atoms with Crippen LogP contribution in [0.2, 0.25) is 0 Å². The van der Waals surface area contributed by atoms with Gasteiger partial charge in [0, 0.05) is 19.8 Å². The average Bonchev–Trinajstić information content (AvgIpc) is 2.79. The zero-order valence-corrected chi connectivity index (χ0v) is 12.2. The van der Waals surface area contributed by atoms with Crippen molar-refractivity contribution in [3.63, 3.8) is 0 Å². The van der Waals surface area contributed by atoms with E-state index in [9.17, 15) is 14.4 Å². The number of amides is 3. The summed E-state index contributed by atoms with van der Waals surface area (Å²) in [5, 5.41) is 2.81. The van der Waals surface area contributed by atoms with E-state index in [0.717, 1.165) is 31.0 Å². The standard InChI is InChI=1S/C16H18N2O4/c19-14(17-9-11-5-7-22-8-6-11)10-18-15(20)12-3-1-2-4-13(12)16(18)21/h1-4,11H,5-10H2,(H,17,19). The van der Waals surface area contributed by atoms with Gasteiger partial charge in [0.1, 0.15) is 6.54 Å². The Balaban J connectivity index is 1.56. The number of rotatable bonds is 4. The molecule has 0 bridgehead atoms. The van der Waals surface area contributed by atoms with Gasteiger partial charge in [-0.25, -0.2) is 0 Å². The van der Waals surface area contributed by atoms with Crippen LogP contribution in [-0.2, 0) is 9.53 Å². The van der Waals surface area contributed by atoms with Crippen LogP contribution in [0, 0.1) is 5.92 Å². The molecule has 0 spiro atoms. The molecule has 1 fully saturated rings. The van der Waals surface area contributed by atoms with Crippen LogP contribution in [0.4, 0.5) is 0 Å².